The van der Waals surface area contributed by atoms with Gasteiger partial charge in [0, 0.05) is 29.1 Å². The molecule has 8 nitrogen and oxygen atoms in total. The number of anilines is 1. The maximum Gasteiger partial charge on any atom is 0.332 e. The second-order valence-corrected chi connectivity index (χ2v) is 10.1. The highest BCUT2D eigenvalue weighted by Crippen LogP contribution is 2.34. The average Bonchev–Trinajstić information content (AvgIpc) is 3.56. The zero-order valence-electron chi connectivity index (χ0n) is 20.5. The maximum absolute atomic E-state index is 13.4. The van der Waals surface area contributed by atoms with Crippen molar-refractivity contribution in [3.63, 3.8) is 0 Å². The summed E-state index contributed by atoms with van der Waals surface area (Å²) in [7, 11) is 1.61. The van der Waals surface area contributed by atoms with E-state index in [1.165, 1.54) is 15.9 Å². The molecule has 1 unspecified atom stereocenters. The molecule has 0 amide bonds. The van der Waals surface area contributed by atoms with Gasteiger partial charge in [-0.15, -0.1) is 11.3 Å². The Labute approximate surface area is 223 Å². The van der Waals surface area contributed by atoms with E-state index in [1.54, 1.807) is 20.4 Å². The second-order valence-electron chi connectivity index (χ2n) is 8.58. The van der Waals surface area contributed by atoms with Crippen molar-refractivity contribution in [1.82, 2.24) is 9.55 Å². The highest BCUT2D eigenvalue weighted by molar-refractivity contribution is 7.22. The number of thiophene rings is 1. The largest absolute Gasteiger partial charge is 0.495 e. The van der Waals surface area contributed by atoms with E-state index in [-0.39, 0.29) is 24.2 Å². The monoisotopic (exact) mass is 539 g/mol. The lowest BCUT2D eigenvalue weighted by Crippen LogP contribution is -2.25. The lowest BCUT2D eigenvalue weighted by atomic mass is 10.2. The highest BCUT2D eigenvalue weighted by atomic mass is 35.5. The van der Waals surface area contributed by atoms with Crippen molar-refractivity contribution >= 4 is 44.8 Å². The number of nitrogens with zero attached hydrogens (tertiary/aromatic N) is 3. The number of esters is 1. The Bertz CT molecular complexity index is 1480. The lowest BCUT2D eigenvalue weighted by Gasteiger charge is -2.22. The summed E-state index contributed by atoms with van der Waals surface area (Å²) in [6.45, 7) is 3.45. The normalized spacial score (nSPS) is 15.3. The van der Waals surface area contributed by atoms with Crippen LogP contribution in [0.1, 0.15) is 13.3 Å². The van der Waals surface area contributed by atoms with Crippen LogP contribution >= 0.6 is 22.9 Å². The molecule has 10 heteroatoms. The molecule has 192 valence electrons. The Morgan fingerprint density at radius 2 is 2.00 bits per heavy atom. The molecule has 1 aliphatic rings. The van der Waals surface area contributed by atoms with Crippen LogP contribution in [0.4, 0.5) is 5.69 Å². The minimum Gasteiger partial charge on any atom is -0.495 e. The van der Waals surface area contributed by atoms with E-state index in [4.69, 9.17) is 25.8 Å². The van der Waals surface area contributed by atoms with Crippen LogP contribution in [-0.4, -0.2) is 55.0 Å². The van der Waals surface area contributed by atoms with Crippen LogP contribution in [0.25, 0.3) is 26.3 Å². The molecular formula is C27H26ClN3O5S. The molecule has 0 N–H and O–H groups in total. The van der Waals surface area contributed by atoms with Crippen LogP contribution in [-0.2, 0) is 14.3 Å². The van der Waals surface area contributed by atoms with Gasteiger partial charge in [-0.25, -0.2) is 9.78 Å². The van der Waals surface area contributed by atoms with Crippen molar-refractivity contribution < 1.29 is 19.0 Å². The molecule has 0 radical (unpaired) electrons. The third-order valence-electron chi connectivity index (χ3n) is 6.24. The topological polar surface area (TPSA) is 82.9 Å². The fourth-order valence-corrected chi connectivity index (χ4v) is 5.57. The molecule has 5 rings (SSSR count). The summed E-state index contributed by atoms with van der Waals surface area (Å²) in [5.41, 5.74) is 3.07. The summed E-state index contributed by atoms with van der Waals surface area (Å²) < 4.78 is 18.4. The van der Waals surface area contributed by atoms with E-state index in [2.05, 4.69) is 9.88 Å². The molecule has 0 aliphatic carbocycles. The molecule has 3 heterocycles. The van der Waals surface area contributed by atoms with Gasteiger partial charge in [-0.2, -0.15) is 0 Å². The number of benzene rings is 2. The van der Waals surface area contributed by atoms with Gasteiger partial charge in [-0.1, -0.05) is 23.7 Å². The van der Waals surface area contributed by atoms with Gasteiger partial charge < -0.3 is 19.1 Å². The predicted molar refractivity (Wildman–Crippen MR) is 145 cm³/mol. The number of hydrogen-bond acceptors (Lipinski definition) is 8. The van der Waals surface area contributed by atoms with Crippen LogP contribution in [0.3, 0.4) is 0 Å². The Balaban J connectivity index is 1.38. The van der Waals surface area contributed by atoms with Gasteiger partial charge >= 0.3 is 5.97 Å². The van der Waals surface area contributed by atoms with E-state index in [0.29, 0.717) is 39.8 Å². The molecule has 1 atom stereocenters. The van der Waals surface area contributed by atoms with Gasteiger partial charge in [0.25, 0.3) is 5.56 Å². The number of fused-ring (bicyclic) bond motifs is 1. The van der Waals surface area contributed by atoms with Crippen molar-refractivity contribution in [3.8, 4) is 21.9 Å². The van der Waals surface area contributed by atoms with Crippen molar-refractivity contribution in [2.24, 2.45) is 0 Å². The third kappa shape index (κ3) is 5.34. The molecule has 1 saturated heterocycles. The van der Waals surface area contributed by atoms with E-state index in [0.717, 1.165) is 29.1 Å². The van der Waals surface area contributed by atoms with Crippen molar-refractivity contribution in [3.05, 3.63) is 70.2 Å². The maximum atomic E-state index is 13.4. The summed E-state index contributed by atoms with van der Waals surface area (Å²) in [5, 5.41) is 0.663. The van der Waals surface area contributed by atoms with Crippen LogP contribution in [0, 0.1) is 0 Å². The molecule has 0 saturated carbocycles. The number of ether oxygens (including phenoxy) is 3. The van der Waals surface area contributed by atoms with Gasteiger partial charge in [-0.3, -0.25) is 9.36 Å². The van der Waals surface area contributed by atoms with Gasteiger partial charge in [0.2, 0.25) is 0 Å². The first-order valence-electron chi connectivity index (χ1n) is 11.9. The number of methoxy groups -OCH3 is 1. The van der Waals surface area contributed by atoms with Crippen molar-refractivity contribution in [1.29, 1.82) is 0 Å². The van der Waals surface area contributed by atoms with E-state index < -0.39 is 0 Å². The van der Waals surface area contributed by atoms with Crippen LogP contribution in [0.15, 0.2) is 59.7 Å². The molecule has 2 aromatic heterocycles. The Kier molecular flexibility index (Phi) is 7.45. The molecule has 37 heavy (non-hydrogen) atoms. The summed E-state index contributed by atoms with van der Waals surface area (Å²) in [6, 6.07) is 15.1. The smallest absolute Gasteiger partial charge is 0.332 e. The molecule has 0 bridgehead atoms. The number of hydrogen-bond donors (Lipinski definition) is 0. The minimum atomic E-state index is -0.357. The number of halogens is 1. The number of rotatable bonds is 8. The Morgan fingerprint density at radius 3 is 2.76 bits per heavy atom. The first-order chi connectivity index (χ1) is 18.0. The molecule has 1 aliphatic heterocycles. The molecule has 4 aromatic rings. The Morgan fingerprint density at radius 1 is 1.19 bits per heavy atom. The molecule has 1 fully saturated rings. The fraction of sp³-hybridized carbons (Fsp3) is 0.296. The number of carbonyl (C=O) groups excluding carboxylic acids is 1. The zero-order valence-corrected chi connectivity index (χ0v) is 22.1. The first kappa shape index (κ1) is 25.3. The molecular weight excluding hydrogens is 514 g/mol. The standard InChI is InChI=1S/C27H26ClN3O5S/c1-3-35-25(32)15-36-20-10-11-30(14-20)22-9-8-19(12-23(22)34-2)31-16-29-21-13-24(37-26(21)27(31)33)17-4-6-18(28)7-5-17/h4-9,12-13,16,20H,3,10-11,14-15H2,1-2H3. The van der Waals surface area contributed by atoms with E-state index in [1.807, 2.05) is 48.5 Å². The number of aromatic nitrogens is 2. The predicted octanol–water partition coefficient (Wildman–Crippen LogP) is 4.93. The van der Waals surface area contributed by atoms with Gasteiger partial charge in [-0.05, 0) is 49.2 Å². The third-order valence-corrected chi connectivity index (χ3v) is 7.65. The molecule has 2 aromatic carbocycles. The van der Waals surface area contributed by atoms with Crippen LogP contribution < -0.4 is 15.2 Å². The lowest BCUT2D eigenvalue weighted by molar-refractivity contribution is -0.150. The van der Waals surface area contributed by atoms with E-state index >= 15 is 0 Å². The summed E-state index contributed by atoms with van der Waals surface area (Å²) >= 11 is 7.42. The van der Waals surface area contributed by atoms with Crippen LogP contribution in [0.2, 0.25) is 5.02 Å². The SMILES string of the molecule is CCOC(=O)COC1CCN(c2ccc(-n3cnc4cc(-c5ccc(Cl)cc5)sc4c3=O)cc2OC)C1. The first-order valence-corrected chi connectivity index (χ1v) is 13.1. The minimum absolute atomic E-state index is 0.0523. The summed E-state index contributed by atoms with van der Waals surface area (Å²) in [5.74, 6) is 0.286. The number of carbonyl (C=O) groups is 1. The van der Waals surface area contributed by atoms with Crippen molar-refractivity contribution in [2.75, 3.05) is 38.3 Å². The quantitative estimate of drug-likeness (QED) is 0.293. The zero-order chi connectivity index (χ0) is 25.9. The second kappa shape index (κ2) is 10.9. The van der Waals surface area contributed by atoms with Crippen LogP contribution in [0.5, 0.6) is 5.75 Å². The summed E-state index contributed by atoms with van der Waals surface area (Å²) in [4.78, 5) is 32.6. The van der Waals surface area contributed by atoms with E-state index in [9.17, 15) is 9.59 Å². The molecule has 0 spiro atoms. The van der Waals surface area contributed by atoms with Gasteiger partial charge in [0.05, 0.1) is 36.7 Å². The average molecular weight is 540 g/mol. The highest BCUT2D eigenvalue weighted by Gasteiger charge is 2.26. The Hall–Kier alpha value is -3.40. The fourth-order valence-electron chi connectivity index (χ4n) is 4.40. The van der Waals surface area contributed by atoms with Crippen molar-refractivity contribution in [2.45, 2.75) is 19.4 Å². The summed E-state index contributed by atoms with van der Waals surface area (Å²) in [6.07, 6.45) is 2.27. The van der Waals surface area contributed by atoms with Gasteiger partial charge in [0.1, 0.15) is 23.4 Å². The van der Waals surface area contributed by atoms with Gasteiger partial charge in [0.15, 0.2) is 0 Å².